The molecule has 0 amide bonds. The third-order valence-electron chi connectivity index (χ3n) is 3.92. The molecule has 1 rings (SSSR count). The van der Waals surface area contributed by atoms with Gasteiger partial charge in [0.25, 0.3) is 0 Å². The maximum Gasteiger partial charge on any atom is 0.0395 e. The largest absolute Gasteiger partial charge is 0.372 e. The van der Waals surface area contributed by atoms with E-state index in [0.717, 1.165) is 13.1 Å². The summed E-state index contributed by atoms with van der Waals surface area (Å²) in [6, 6.07) is 9.20. The topological polar surface area (TPSA) is 15.3 Å². The Labute approximate surface area is 119 Å². The van der Waals surface area contributed by atoms with Gasteiger partial charge >= 0.3 is 0 Å². The molecule has 0 radical (unpaired) electrons. The second kappa shape index (κ2) is 6.95. The lowest BCUT2D eigenvalue weighted by Crippen LogP contribution is -2.41. The molecule has 0 fully saturated rings. The third-order valence-corrected chi connectivity index (χ3v) is 3.92. The zero-order valence-corrected chi connectivity index (χ0v) is 13.5. The zero-order valence-electron chi connectivity index (χ0n) is 13.5. The molecule has 0 bridgehead atoms. The molecule has 0 aliphatic carbocycles. The fraction of sp³-hybridized carbons (Fsp3) is 0.647. The Morgan fingerprint density at radius 2 is 1.84 bits per heavy atom. The highest BCUT2D eigenvalue weighted by atomic mass is 15.1. The Kier molecular flexibility index (Phi) is 5.86. The van der Waals surface area contributed by atoms with Gasteiger partial charge in [-0.05, 0) is 44.4 Å². The predicted molar refractivity (Wildman–Crippen MR) is 86.0 cm³/mol. The quantitative estimate of drug-likeness (QED) is 0.838. The van der Waals surface area contributed by atoms with Gasteiger partial charge in [0.1, 0.15) is 0 Å². The Bertz CT molecular complexity index is 379. The molecule has 0 aromatic heterocycles. The zero-order chi connectivity index (χ0) is 14.5. The number of hydrogen-bond donors (Lipinski definition) is 1. The van der Waals surface area contributed by atoms with Crippen molar-refractivity contribution in [1.29, 1.82) is 0 Å². The van der Waals surface area contributed by atoms with Crippen molar-refractivity contribution < 1.29 is 0 Å². The van der Waals surface area contributed by atoms with Crippen LogP contribution in [-0.2, 0) is 0 Å². The van der Waals surface area contributed by atoms with Crippen LogP contribution >= 0.6 is 0 Å². The Hall–Kier alpha value is -1.02. The summed E-state index contributed by atoms with van der Waals surface area (Å²) in [5.41, 5.74) is 3.04. The summed E-state index contributed by atoms with van der Waals surface area (Å²) in [7, 11) is 2.07. The molecule has 2 heteroatoms. The lowest BCUT2D eigenvalue weighted by molar-refractivity contribution is 0.269. The minimum atomic E-state index is 0.305. The molecule has 19 heavy (non-hydrogen) atoms. The van der Waals surface area contributed by atoms with E-state index >= 15 is 0 Å². The highest BCUT2D eigenvalue weighted by Gasteiger charge is 2.23. The van der Waals surface area contributed by atoms with E-state index in [-0.39, 0.29) is 0 Å². The van der Waals surface area contributed by atoms with Crippen molar-refractivity contribution in [3.63, 3.8) is 0 Å². The van der Waals surface area contributed by atoms with Gasteiger partial charge in [-0.25, -0.2) is 0 Å². The van der Waals surface area contributed by atoms with Gasteiger partial charge in [-0.15, -0.1) is 0 Å². The summed E-state index contributed by atoms with van der Waals surface area (Å²) in [4.78, 5) is 2.48. The van der Waals surface area contributed by atoms with Gasteiger partial charge in [0, 0.05) is 24.8 Å². The summed E-state index contributed by atoms with van der Waals surface area (Å²) in [5.74, 6) is 0. The molecule has 2 nitrogen and oxygen atoms in total. The maximum atomic E-state index is 3.46. The highest BCUT2D eigenvalue weighted by molar-refractivity contribution is 5.52. The van der Waals surface area contributed by atoms with Crippen LogP contribution in [0.15, 0.2) is 24.3 Å². The van der Waals surface area contributed by atoms with E-state index in [9.17, 15) is 0 Å². The fourth-order valence-electron chi connectivity index (χ4n) is 2.66. The molecule has 0 spiro atoms. The summed E-state index contributed by atoms with van der Waals surface area (Å²) in [6.07, 6.45) is 1.17. The number of rotatable bonds is 6. The third kappa shape index (κ3) is 4.54. The number of nitrogens with zero attached hydrogens (tertiary/aromatic N) is 1. The molecular formula is C17H30N2. The maximum absolute atomic E-state index is 3.46. The normalized spacial score (nSPS) is 13.4. The second-order valence-corrected chi connectivity index (χ2v) is 6.36. The van der Waals surface area contributed by atoms with Crippen LogP contribution < -0.4 is 10.2 Å². The van der Waals surface area contributed by atoms with Gasteiger partial charge in [0.15, 0.2) is 0 Å². The minimum absolute atomic E-state index is 0.305. The summed E-state index contributed by atoms with van der Waals surface area (Å²) in [6.45, 7) is 13.5. The van der Waals surface area contributed by atoms with Crippen molar-refractivity contribution >= 4 is 5.69 Å². The minimum Gasteiger partial charge on any atom is -0.372 e. The number of para-hydroxylation sites is 1. The average molecular weight is 262 g/mol. The monoisotopic (exact) mass is 262 g/mol. The number of aryl methyl sites for hydroxylation is 1. The molecule has 1 N–H and O–H groups in total. The first-order chi connectivity index (χ1) is 8.90. The smallest absolute Gasteiger partial charge is 0.0395 e. The predicted octanol–water partition coefficient (Wildman–Crippen LogP) is 3.85. The first-order valence-electron chi connectivity index (χ1n) is 7.38. The van der Waals surface area contributed by atoms with Crippen LogP contribution in [0.4, 0.5) is 5.69 Å². The van der Waals surface area contributed by atoms with Crippen molar-refractivity contribution in [1.82, 2.24) is 5.32 Å². The summed E-state index contributed by atoms with van der Waals surface area (Å²) in [5, 5.41) is 3.46. The van der Waals surface area contributed by atoms with Crippen molar-refractivity contribution in [2.75, 3.05) is 25.0 Å². The van der Waals surface area contributed by atoms with Gasteiger partial charge in [-0.2, -0.15) is 0 Å². The fourth-order valence-corrected chi connectivity index (χ4v) is 2.66. The lowest BCUT2D eigenvalue weighted by Gasteiger charge is -2.33. The number of benzene rings is 1. The van der Waals surface area contributed by atoms with Crippen LogP contribution in [0.2, 0.25) is 0 Å². The van der Waals surface area contributed by atoms with E-state index in [0.29, 0.717) is 11.5 Å². The van der Waals surface area contributed by atoms with Crippen molar-refractivity contribution in [3.8, 4) is 0 Å². The van der Waals surface area contributed by atoms with E-state index in [4.69, 9.17) is 0 Å². The van der Waals surface area contributed by atoms with Gasteiger partial charge < -0.3 is 10.2 Å². The van der Waals surface area contributed by atoms with Gasteiger partial charge in [-0.1, -0.05) is 39.0 Å². The van der Waals surface area contributed by atoms with E-state index in [1.807, 2.05) is 0 Å². The van der Waals surface area contributed by atoms with Crippen molar-refractivity contribution in [2.24, 2.45) is 5.41 Å². The van der Waals surface area contributed by atoms with Crippen LogP contribution in [0.1, 0.15) is 39.7 Å². The van der Waals surface area contributed by atoms with Crippen LogP contribution in [0.5, 0.6) is 0 Å². The number of hydrogen-bond acceptors (Lipinski definition) is 2. The molecule has 1 atom stereocenters. The summed E-state index contributed by atoms with van der Waals surface area (Å²) < 4.78 is 0. The Balaban J connectivity index is 2.71. The molecule has 0 saturated carbocycles. The molecule has 1 unspecified atom stereocenters. The summed E-state index contributed by atoms with van der Waals surface area (Å²) >= 11 is 0. The van der Waals surface area contributed by atoms with Crippen molar-refractivity contribution in [2.45, 2.75) is 47.1 Å². The van der Waals surface area contributed by atoms with Crippen molar-refractivity contribution in [3.05, 3.63) is 29.8 Å². The van der Waals surface area contributed by atoms with E-state index in [1.165, 1.54) is 17.7 Å². The van der Waals surface area contributed by atoms with Crippen LogP contribution in [-0.4, -0.2) is 26.2 Å². The first kappa shape index (κ1) is 16.0. The molecular weight excluding hydrogens is 232 g/mol. The molecule has 0 aliphatic rings. The van der Waals surface area contributed by atoms with Crippen LogP contribution in [0, 0.1) is 12.3 Å². The van der Waals surface area contributed by atoms with E-state index in [2.05, 4.69) is 76.1 Å². The Morgan fingerprint density at radius 3 is 2.32 bits per heavy atom. The number of nitrogens with one attached hydrogen (secondary N) is 1. The number of anilines is 1. The van der Waals surface area contributed by atoms with E-state index in [1.54, 1.807) is 0 Å². The highest BCUT2D eigenvalue weighted by Crippen LogP contribution is 2.24. The Morgan fingerprint density at radius 1 is 1.21 bits per heavy atom. The molecule has 108 valence electrons. The standard InChI is InChI=1S/C17H30N2/c1-7-19(15-11-9-8-10-14(15)2)13-12-16(18-6)17(3,4)5/h8-11,16,18H,7,12-13H2,1-6H3. The first-order valence-corrected chi connectivity index (χ1v) is 7.38. The average Bonchev–Trinajstić information content (AvgIpc) is 2.34. The second-order valence-electron chi connectivity index (χ2n) is 6.36. The van der Waals surface area contributed by atoms with Gasteiger partial charge in [-0.3, -0.25) is 0 Å². The molecule has 0 saturated heterocycles. The van der Waals surface area contributed by atoms with E-state index < -0.39 is 0 Å². The van der Waals surface area contributed by atoms with Gasteiger partial charge in [0.05, 0.1) is 0 Å². The molecule has 0 heterocycles. The molecule has 0 aliphatic heterocycles. The SMILES string of the molecule is CCN(CCC(NC)C(C)(C)C)c1ccccc1C. The lowest BCUT2D eigenvalue weighted by atomic mass is 9.85. The van der Waals surface area contributed by atoms with Gasteiger partial charge in [0.2, 0.25) is 0 Å². The molecule has 1 aromatic carbocycles. The van der Waals surface area contributed by atoms with Crippen LogP contribution in [0.25, 0.3) is 0 Å². The van der Waals surface area contributed by atoms with Crippen LogP contribution in [0.3, 0.4) is 0 Å². The molecule has 1 aromatic rings.